The Morgan fingerprint density at radius 3 is 2.43 bits per heavy atom. The lowest BCUT2D eigenvalue weighted by molar-refractivity contribution is 0.0302. The van der Waals surface area contributed by atoms with Crippen LogP contribution in [0.4, 0.5) is 11.6 Å². The molecule has 2 saturated heterocycles. The molecule has 2 bridgehead atoms. The third-order valence-corrected chi connectivity index (χ3v) is 9.73. The van der Waals surface area contributed by atoms with Crippen molar-refractivity contribution in [2.45, 2.75) is 52.4 Å². The number of benzene rings is 2. The van der Waals surface area contributed by atoms with E-state index >= 15 is 0 Å². The first-order valence-corrected chi connectivity index (χ1v) is 16.5. The van der Waals surface area contributed by atoms with Gasteiger partial charge in [-0.3, -0.25) is 0 Å². The highest BCUT2D eigenvalue weighted by Gasteiger charge is 2.35. The Balaban J connectivity index is 1.41. The molecule has 7 rings (SSSR count). The van der Waals surface area contributed by atoms with E-state index < -0.39 is 0 Å². The van der Waals surface area contributed by atoms with Crippen molar-refractivity contribution in [2.24, 2.45) is 0 Å². The number of nitrogens with one attached hydrogen (secondary N) is 1. The number of hydrogen-bond donors (Lipinski definition) is 1. The molecule has 5 aromatic rings. The van der Waals surface area contributed by atoms with Crippen molar-refractivity contribution in [3.8, 4) is 39.4 Å². The third-order valence-electron chi connectivity index (χ3n) is 8.86. The van der Waals surface area contributed by atoms with Gasteiger partial charge >= 0.3 is 0 Å². The number of rotatable bonds is 10. The summed E-state index contributed by atoms with van der Waals surface area (Å²) in [6, 6.07) is 11.8. The lowest BCUT2D eigenvalue weighted by atomic mass is 10.1. The summed E-state index contributed by atoms with van der Waals surface area (Å²) in [7, 11) is 4.96. The normalized spacial score (nSPS) is 17.2. The number of ether oxygens (including phenoxy) is 5. The lowest BCUT2D eigenvalue weighted by Crippen LogP contribution is -2.43. The molecule has 244 valence electrons. The standard InChI is InChI=1S/C35H38N6O5S/c1-19-7-12-28(43-5)20(2)32(19)46-34-31-26(14-30(38-34)41-17-24-10-11-25(18-41)45-24)27(35-40-39-21(3)47-35)16-37-33(31)36-15-22-8-9-23(42-4)13-29(22)44-6/h7-9,12-14,16,24-25H,10-11,15,17-18H2,1-6H3,(H,36,37). The molecular weight excluding hydrogens is 616 g/mol. The summed E-state index contributed by atoms with van der Waals surface area (Å²) in [5.41, 5.74) is 3.66. The summed E-state index contributed by atoms with van der Waals surface area (Å²) in [6.07, 6.45) is 4.36. The van der Waals surface area contributed by atoms with E-state index in [0.717, 1.165) is 86.3 Å². The minimum atomic E-state index is 0.193. The van der Waals surface area contributed by atoms with E-state index in [2.05, 4.69) is 26.5 Å². The second-order valence-electron chi connectivity index (χ2n) is 11.9. The van der Waals surface area contributed by atoms with Crippen molar-refractivity contribution in [1.82, 2.24) is 20.2 Å². The van der Waals surface area contributed by atoms with Gasteiger partial charge in [0.1, 0.15) is 44.6 Å². The molecule has 2 atom stereocenters. The second kappa shape index (κ2) is 12.8. The van der Waals surface area contributed by atoms with Gasteiger partial charge in [0.25, 0.3) is 0 Å². The van der Waals surface area contributed by atoms with Gasteiger partial charge in [-0.2, -0.15) is 4.98 Å². The Bertz CT molecular complexity index is 1940. The maximum atomic E-state index is 6.86. The Morgan fingerprint density at radius 1 is 0.936 bits per heavy atom. The van der Waals surface area contributed by atoms with E-state index in [1.54, 1.807) is 21.3 Å². The number of aromatic nitrogens is 4. The predicted molar refractivity (Wildman–Crippen MR) is 183 cm³/mol. The summed E-state index contributed by atoms with van der Waals surface area (Å²) < 4.78 is 29.8. The molecule has 0 aliphatic carbocycles. The topological polar surface area (TPSA) is 113 Å². The van der Waals surface area contributed by atoms with Gasteiger partial charge in [0.2, 0.25) is 5.88 Å². The summed E-state index contributed by atoms with van der Waals surface area (Å²) in [6.45, 7) is 7.96. The zero-order valence-electron chi connectivity index (χ0n) is 27.4. The highest BCUT2D eigenvalue weighted by Crippen LogP contribution is 2.44. The van der Waals surface area contributed by atoms with Crippen molar-refractivity contribution in [2.75, 3.05) is 44.6 Å². The quantitative estimate of drug-likeness (QED) is 0.170. The predicted octanol–water partition coefficient (Wildman–Crippen LogP) is 6.87. The summed E-state index contributed by atoms with van der Waals surface area (Å²) in [4.78, 5) is 12.5. The molecular formula is C35H38N6O5S. The van der Waals surface area contributed by atoms with Crippen molar-refractivity contribution in [3.63, 3.8) is 0 Å². The first-order chi connectivity index (χ1) is 22.8. The van der Waals surface area contributed by atoms with Crippen LogP contribution in [0.15, 0.2) is 42.6 Å². The molecule has 2 unspecified atom stereocenters. The Hall–Kier alpha value is -4.68. The Labute approximate surface area is 277 Å². The van der Waals surface area contributed by atoms with E-state index in [-0.39, 0.29) is 12.2 Å². The molecule has 0 amide bonds. The van der Waals surface area contributed by atoms with E-state index in [1.807, 2.05) is 57.3 Å². The van der Waals surface area contributed by atoms with Crippen molar-refractivity contribution in [1.29, 1.82) is 0 Å². The third kappa shape index (κ3) is 5.98. The van der Waals surface area contributed by atoms with Gasteiger partial charge in [-0.15, -0.1) is 10.2 Å². The lowest BCUT2D eigenvalue weighted by Gasteiger charge is -2.33. The number of aryl methyl sites for hydroxylation is 2. The molecule has 12 heteroatoms. The van der Waals surface area contributed by atoms with Gasteiger partial charge in [-0.25, -0.2) is 4.98 Å². The minimum Gasteiger partial charge on any atom is -0.497 e. The molecule has 0 radical (unpaired) electrons. The van der Waals surface area contributed by atoms with Gasteiger partial charge in [0.15, 0.2) is 0 Å². The highest BCUT2D eigenvalue weighted by molar-refractivity contribution is 7.14. The van der Waals surface area contributed by atoms with Crippen LogP contribution in [-0.4, -0.2) is 66.8 Å². The van der Waals surface area contributed by atoms with E-state index in [4.69, 9.17) is 33.7 Å². The van der Waals surface area contributed by atoms with Crippen LogP contribution in [0.25, 0.3) is 21.3 Å². The molecule has 2 aliphatic rings. The van der Waals surface area contributed by atoms with Gasteiger partial charge in [-0.05, 0) is 63.4 Å². The van der Waals surface area contributed by atoms with Crippen LogP contribution in [0.3, 0.4) is 0 Å². The zero-order valence-corrected chi connectivity index (χ0v) is 28.2. The number of anilines is 2. The largest absolute Gasteiger partial charge is 0.497 e. The van der Waals surface area contributed by atoms with Crippen molar-refractivity contribution >= 4 is 33.7 Å². The summed E-state index contributed by atoms with van der Waals surface area (Å²) in [5, 5.41) is 15.7. The molecule has 0 spiro atoms. The van der Waals surface area contributed by atoms with Gasteiger partial charge in [0, 0.05) is 54.0 Å². The molecule has 47 heavy (non-hydrogen) atoms. The minimum absolute atomic E-state index is 0.193. The smallest absolute Gasteiger partial charge is 0.232 e. The Morgan fingerprint density at radius 2 is 1.72 bits per heavy atom. The fourth-order valence-electron chi connectivity index (χ4n) is 6.42. The summed E-state index contributed by atoms with van der Waals surface area (Å²) >= 11 is 1.53. The first kappa shape index (κ1) is 30.9. The van der Waals surface area contributed by atoms with Crippen LogP contribution in [-0.2, 0) is 11.3 Å². The number of fused-ring (bicyclic) bond motifs is 3. The van der Waals surface area contributed by atoms with Crippen LogP contribution in [0, 0.1) is 20.8 Å². The fourth-order valence-corrected chi connectivity index (χ4v) is 7.14. The number of morpholine rings is 1. The van der Waals surface area contributed by atoms with Crippen LogP contribution in [0.2, 0.25) is 0 Å². The van der Waals surface area contributed by atoms with E-state index in [0.29, 0.717) is 29.7 Å². The van der Waals surface area contributed by atoms with Crippen molar-refractivity contribution < 1.29 is 23.7 Å². The van der Waals surface area contributed by atoms with Gasteiger partial charge < -0.3 is 33.9 Å². The molecule has 1 N–H and O–H groups in total. The van der Waals surface area contributed by atoms with E-state index in [9.17, 15) is 0 Å². The van der Waals surface area contributed by atoms with Crippen LogP contribution >= 0.6 is 11.3 Å². The maximum absolute atomic E-state index is 6.86. The molecule has 2 fully saturated rings. The zero-order chi connectivity index (χ0) is 32.7. The molecule has 11 nitrogen and oxygen atoms in total. The molecule has 2 aliphatic heterocycles. The van der Waals surface area contributed by atoms with Crippen LogP contribution in [0.1, 0.15) is 34.5 Å². The van der Waals surface area contributed by atoms with Gasteiger partial charge in [0.05, 0.1) is 38.9 Å². The SMILES string of the molecule is COc1ccc(CNc2ncc(-c3nnc(C)s3)c3cc(N4CC5CCC(C4)O5)nc(Oc4c(C)ccc(OC)c4C)c23)c(OC)c1. The number of methoxy groups -OCH3 is 3. The molecule has 3 aromatic heterocycles. The number of nitrogens with zero attached hydrogens (tertiary/aromatic N) is 5. The molecule has 0 saturated carbocycles. The van der Waals surface area contributed by atoms with E-state index in [1.165, 1.54) is 11.3 Å². The van der Waals surface area contributed by atoms with Crippen LogP contribution < -0.4 is 29.2 Å². The number of pyridine rings is 2. The monoisotopic (exact) mass is 654 g/mol. The van der Waals surface area contributed by atoms with Crippen LogP contribution in [0.5, 0.6) is 28.9 Å². The molecule has 5 heterocycles. The Kier molecular flexibility index (Phi) is 8.46. The summed E-state index contributed by atoms with van der Waals surface area (Å²) in [5.74, 6) is 4.75. The average Bonchev–Trinajstić information content (AvgIpc) is 3.68. The highest BCUT2D eigenvalue weighted by atomic mass is 32.1. The van der Waals surface area contributed by atoms with Gasteiger partial charge in [-0.1, -0.05) is 17.4 Å². The molecule has 2 aromatic carbocycles. The average molecular weight is 655 g/mol. The van der Waals surface area contributed by atoms with Crippen molar-refractivity contribution in [3.05, 3.63) is 64.3 Å². The maximum Gasteiger partial charge on any atom is 0.232 e. The second-order valence-corrected chi connectivity index (χ2v) is 13.1. The fraction of sp³-hybridized carbons (Fsp3) is 0.371. The number of hydrogen-bond acceptors (Lipinski definition) is 12. The first-order valence-electron chi connectivity index (χ1n) is 15.7.